The Bertz CT molecular complexity index is 464. The molecule has 1 saturated heterocycles. The van der Waals surface area contributed by atoms with E-state index in [0.29, 0.717) is 12.3 Å². The average Bonchev–Trinajstić information content (AvgIpc) is 2.68. The Kier molecular flexibility index (Phi) is 4.71. The molecule has 0 saturated carbocycles. The van der Waals surface area contributed by atoms with E-state index in [1.807, 2.05) is 42.2 Å². The zero-order valence-electron chi connectivity index (χ0n) is 11.3. The van der Waals surface area contributed by atoms with Crippen LogP contribution in [0.2, 0.25) is 0 Å². The fourth-order valence-corrected chi connectivity index (χ4v) is 2.90. The van der Waals surface area contributed by atoms with E-state index in [4.69, 9.17) is 0 Å². The van der Waals surface area contributed by atoms with Gasteiger partial charge in [-0.2, -0.15) is 0 Å². The molecule has 0 radical (unpaired) electrons. The topological polar surface area (TPSA) is 49.4 Å². The van der Waals surface area contributed by atoms with Crippen molar-refractivity contribution >= 4 is 16.7 Å². The number of carbonyl (C=O) groups is 1. The van der Waals surface area contributed by atoms with E-state index in [2.05, 4.69) is 5.32 Å². The van der Waals surface area contributed by atoms with Gasteiger partial charge in [0, 0.05) is 29.4 Å². The zero-order chi connectivity index (χ0) is 13.8. The van der Waals surface area contributed by atoms with Crippen molar-refractivity contribution in [2.45, 2.75) is 25.6 Å². The molecule has 0 spiro atoms. The number of nitrogens with one attached hydrogen (secondary N) is 1. The second-order valence-corrected chi connectivity index (χ2v) is 6.42. The molecule has 1 aliphatic heterocycles. The number of carbonyl (C=O) groups excluding carboxylic acids is 1. The van der Waals surface area contributed by atoms with Crippen LogP contribution in [0.1, 0.15) is 25.1 Å². The van der Waals surface area contributed by atoms with Gasteiger partial charge in [-0.25, -0.2) is 0 Å². The third-order valence-electron chi connectivity index (χ3n) is 3.32. The van der Waals surface area contributed by atoms with Gasteiger partial charge in [-0.3, -0.25) is 14.3 Å². The van der Waals surface area contributed by atoms with Crippen molar-refractivity contribution in [1.82, 2.24) is 10.2 Å². The van der Waals surface area contributed by atoms with Gasteiger partial charge >= 0.3 is 0 Å². The van der Waals surface area contributed by atoms with Crippen molar-refractivity contribution in [2.75, 3.05) is 18.6 Å². The minimum atomic E-state index is -0.800. The molecular weight excluding hydrogens is 260 g/mol. The summed E-state index contributed by atoms with van der Waals surface area (Å²) in [7, 11) is -0.800. The van der Waals surface area contributed by atoms with Gasteiger partial charge in [0.05, 0.1) is 6.04 Å². The van der Waals surface area contributed by atoms with Crippen LogP contribution in [0.4, 0.5) is 0 Å². The largest absolute Gasteiger partial charge is 0.322 e. The van der Waals surface area contributed by atoms with E-state index in [-0.39, 0.29) is 18.1 Å². The highest BCUT2D eigenvalue weighted by Crippen LogP contribution is 2.25. The SMILES string of the molecule is CC1NC(c2ccccc2)N(CCCS(C)=O)C1=O. The first-order valence-corrected chi connectivity index (χ1v) is 8.24. The molecule has 1 fully saturated rings. The molecule has 5 heteroatoms. The summed E-state index contributed by atoms with van der Waals surface area (Å²) in [5, 5.41) is 3.31. The average molecular weight is 280 g/mol. The number of rotatable bonds is 5. The van der Waals surface area contributed by atoms with E-state index in [1.165, 1.54) is 0 Å². The lowest BCUT2D eigenvalue weighted by atomic mass is 10.1. The standard InChI is InChI=1S/C14H20N2O2S/c1-11-14(17)16(9-6-10-19(2)18)13(15-11)12-7-4-3-5-8-12/h3-5,7-8,11,13,15H,6,9-10H2,1-2H3. The molecule has 1 aromatic carbocycles. The van der Waals surface area contributed by atoms with Crippen molar-refractivity contribution < 1.29 is 9.00 Å². The molecule has 1 aliphatic rings. The monoisotopic (exact) mass is 280 g/mol. The summed E-state index contributed by atoms with van der Waals surface area (Å²) in [5.74, 6) is 0.760. The highest BCUT2D eigenvalue weighted by molar-refractivity contribution is 7.84. The van der Waals surface area contributed by atoms with Crippen molar-refractivity contribution in [3.8, 4) is 0 Å². The normalized spacial score (nSPS) is 24.7. The van der Waals surface area contributed by atoms with E-state index < -0.39 is 10.8 Å². The van der Waals surface area contributed by atoms with E-state index >= 15 is 0 Å². The fourth-order valence-electron chi connectivity index (χ4n) is 2.36. The van der Waals surface area contributed by atoms with Crippen LogP contribution in [0.5, 0.6) is 0 Å². The molecule has 2 rings (SSSR count). The lowest BCUT2D eigenvalue weighted by Crippen LogP contribution is -2.32. The minimum Gasteiger partial charge on any atom is -0.322 e. The summed E-state index contributed by atoms with van der Waals surface area (Å²) < 4.78 is 11.1. The lowest BCUT2D eigenvalue weighted by Gasteiger charge is -2.24. The van der Waals surface area contributed by atoms with Gasteiger partial charge in [-0.05, 0) is 18.9 Å². The second kappa shape index (κ2) is 6.30. The summed E-state index contributed by atoms with van der Waals surface area (Å²) in [6.45, 7) is 2.53. The summed E-state index contributed by atoms with van der Waals surface area (Å²) in [4.78, 5) is 14.0. The van der Waals surface area contributed by atoms with Crippen molar-refractivity contribution in [2.24, 2.45) is 0 Å². The molecule has 0 bridgehead atoms. The van der Waals surface area contributed by atoms with Crippen molar-refractivity contribution in [1.29, 1.82) is 0 Å². The summed E-state index contributed by atoms with van der Waals surface area (Å²) in [5.41, 5.74) is 1.10. The van der Waals surface area contributed by atoms with Gasteiger partial charge < -0.3 is 4.90 Å². The molecule has 104 valence electrons. The van der Waals surface area contributed by atoms with E-state index in [0.717, 1.165) is 12.0 Å². The number of nitrogens with zero attached hydrogens (tertiary/aromatic N) is 1. The molecule has 0 aromatic heterocycles. The molecule has 19 heavy (non-hydrogen) atoms. The number of benzene rings is 1. The molecule has 4 nitrogen and oxygen atoms in total. The summed E-state index contributed by atoms with van der Waals surface area (Å²) >= 11 is 0. The summed E-state index contributed by atoms with van der Waals surface area (Å²) in [6.07, 6.45) is 2.41. The Morgan fingerprint density at radius 2 is 2.00 bits per heavy atom. The number of amides is 1. The molecule has 1 heterocycles. The first-order valence-electron chi connectivity index (χ1n) is 6.51. The van der Waals surface area contributed by atoms with Gasteiger partial charge in [0.1, 0.15) is 6.17 Å². The van der Waals surface area contributed by atoms with Gasteiger partial charge in [-0.1, -0.05) is 30.3 Å². The van der Waals surface area contributed by atoms with Crippen LogP contribution in [0, 0.1) is 0 Å². The first kappa shape index (κ1) is 14.2. The second-order valence-electron chi connectivity index (χ2n) is 4.86. The van der Waals surface area contributed by atoms with Gasteiger partial charge in [0.25, 0.3) is 0 Å². The third-order valence-corrected chi connectivity index (χ3v) is 4.18. The van der Waals surface area contributed by atoms with Crippen molar-refractivity contribution in [3.05, 3.63) is 35.9 Å². The maximum absolute atomic E-state index is 12.2. The zero-order valence-corrected chi connectivity index (χ0v) is 12.2. The Morgan fingerprint density at radius 3 is 2.63 bits per heavy atom. The first-order chi connectivity index (χ1) is 9.09. The summed E-state index contributed by atoms with van der Waals surface area (Å²) in [6, 6.07) is 9.81. The fraction of sp³-hybridized carbons (Fsp3) is 0.500. The molecule has 3 unspecified atom stereocenters. The number of hydrogen-bond acceptors (Lipinski definition) is 3. The van der Waals surface area contributed by atoms with Crippen LogP contribution < -0.4 is 5.32 Å². The third kappa shape index (κ3) is 3.42. The highest BCUT2D eigenvalue weighted by Gasteiger charge is 2.36. The van der Waals surface area contributed by atoms with E-state index in [1.54, 1.807) is 6.26 Å². The van der Waals surface area contributed by atoms with Crippen LogP contribution in [0.3, 0.4) is 0 Å². The van der Waals surface area contributed by atoms with Gasteiger partial charge in [0.2, 0.25) is 5.91 Å². The van der Waals surface area contributed by atoms with E-state index in [9.17, 15) is 9.00 Å². The molecule has 1 aromatic rings. The Labute approximate surface area is 116 Å². The smallest absolute Gasteiger partial charge is 0.241 e. The maximum atomic E-state index is 12.2. The maximum Gasteiger partial charge on any atom is 0.241 e. The predicted octanol–water partition coefficient (Wildman–Crippen LogP) is 1.27. The van der Waals surface area contributed by atoms with Crippen LogP contribution in [-0.2, 0) is 15.6 Å². The van der Waals surface area contributed by atoms with Crippen LogP contribution in [-0.4, -0.2) is 39.6 Å². The van der Waals surface area contributed by atoms with Crippen LogP contribution >= 0.6 is 0 Å². The molecular formula is C14H20N2O2S. The van der Waals surface area contributed by atoms with Gasteiger partial charge in [0.15, 0.2) is 0 Å². The minimum absolute atomic E-state index is 0.0611. The highest BCUT2D eigenvalue weighted by atomic mass is 32.2. The van der Waals surface area contributed by atoms with Crippen LogP contribution in [0.15, 0.2) is 30.3 Å². The quantitative estimate of drug-likeness (QED) is 0.884. The predicted molar refractivity (Wildman–Crippen MR) is 77.0 cm³/mol. The van der Waals surface area contributed by atoms with Gasteiger partial charge in [-0.15, -0.1) is 0 Å². The molecule has 1 amide bonds. The molecule has 3 atom stereocenters. The number of hydrogen-bond donors (Lipinski definition) is 1. The Morgan fingerprint density at radius 1 is 1.32 bits per heavy atom. The lowest BCUT2D eigenvalue weighted by molar-refractivity contribution is -0.129. The molecule has 1 N–H and O–H groups in total. The Balaban J connectivity index is 2.08. The molecule has 0 aliphatic carbocycles. The Hall–Kier alpha value is -1.20. The van der Waals surface area contributed by atoms with Crippen LogP contribution in [0.25, 0.3) is 0 Å². The van der Waals surface area contributed by atoms with Crippen molar-refractivity contribution in [3.63, 3.8) is 0 Å².